The highest BCUT2D eigenvalue weighted by Gasteiger charge is 2.40. The number of aromatic hydroxyl groups is 1. The summed E-state index contributed by atoms with van der Waals surface area (Å²) in [6.07, 6.45) is 8.68. The monoisotopic (exact) mass is 691 g/mol. The molecule has 0 bridgehead atoms. The quantitative estimate of drug-likeness (QED) is 0.109. The summed E-state index contributed by atoms with van der Waals surface area (Å²) < 4.78 is 5.77. The molecule has 2 unspecified atom stereocenters. The Labute approximate surface area is 296 Å². The van der Waals surface area contributed by atoms with E-state index in [-0.39, 0.29) is 36.3 Å². The number of aliphatic hydroxyl groups is 1. The number of nitrogens with one attached hydrogen (secondary N) is 5. The standard InChI is InChI=1S/C40H45N5O6/c1-26-23-27(24-42-25-34(47)30-11-14-33(46)38-31(30)12-15-36(48)45-38)10-13-32(26)43-37(49)16-20-40(28-7-3-2-4-8-28)19-6-5-9-35(40)44-39(50)51-29-17-21-41-22-18-29/h2-15,19,23,29,34-35,41-42,46-47H,16-18,20-22,24-25H2,1H3,(H,43,49)(H,44,50)(H,45,48)/t34-,35?,40?/m0/s1. The summed E-state index contributed by atoms with van der Waals surface area (Å²) in [7, 11) is 0. The molecule has 1 aliphatic heterocycles. The van der Waals surface area contributed by atoms with Crippen LogP contribution in [-0.2, 0) is 21.5 Å². The molecule has 7 N–H and O–H groups in total. The molecule has 11 heteroatoms. The first kappa shape index (κ1) is 35.6. The van der Waals surface area contributed by atoms with Gasteiger partial charge in [0.05, 0.1) is 17.7 Å². The van der Waals surface area contributed by atoms with Crippen LogP contribution >= 0.6 is 0 Å². The second-order valence-corrected chi connectivity index (χ2v) is 13.3. The van der Waals surface area contributed by atoms with Gasteiger partial charge in [-0.1, -0.05) is 72.8 Å². The minimum absolute atomic E-state index is 0.0564. The summed E-state index contributed by atoms with van der Waals surface area (Å²) in [5.41, 5.74) is 3.48. The van der Waals surface area contributed by atoms with Gasteiger partial charge in [-0.25, -0.2) is 4.79 Å². The predicted octanol–water partition coefficient (Wildman–Crippen LogP) is 4.99. The molecule has 0 saturated carbocycles. The molecule has 3 aromatic carbocycles. The maximum absolute atomic E-state index is 13.4. The van der Waals surface area contributed by atoms with Crippen LogP contribution < -0.4 is 26.8 Å². The first-order valence-corrected chi connectivity index (χ1v) is 17.4. The van der Waals surface area contributed by atoms with Crippen molar-refractivity contribution in [2.45, 2.75) is 62.8 Å². The fraction of sp³-hybridized carbons (Fsp3) is 0.325. The van der Waals surface area contributed by atoms with Gasteiger partial charge in [-0.3, -0.25) is 9.59 Å². The zero-order valence-corrected chi connectivity index (χ0v) is 28.7. The molecular formula is C40H45N5O6. The third-order valence-corrected chi connectivity index (χ3v) is 9.77. The number of hydrogen-bond donors (Lipinski definition) is 7. The number of amides is 2. The number of rotatable bonds is 12. The SMILES string of the molecule is Cc1cc(CNC[C@H](O)c2ccc(O)c3[nH]c(=O)ccc23)ccc1NC(=O)CCC1(c2ccccc2)C=CC=CC1NC(=O)OC1CCNCC1. The molecule has 3 atom stereocenters. The van der Waals surface area contributed by atoms with Crippen molar-refractivity contribution in [3.8, 4) is 5.75 Å². The molecule has 6 rings (SSSR count). The Morgan fingerprint density at radius 3 is 2.61 bits per heavy atom. The summed E-state index contributed by atoms with van der Waals surface area (Å²) in [4.78, 5) is 40.8. The second kappa shape index (κ2) is 16.2. The van der Waals surface area contributed by atoms with Crippen LogP contribution in [0.3, 0.4) is 0 Å². The molecule has 1 aromatic heterocycles. The normalized spacial score (nSPS) is 19.5. The van der Waals surface area contributed by atoms with E-state index in [0.717, 1.165) is 42.6 Å². The average molecular weight is 692 g/mol. The molecule has 1 fully saturated rings. The van der Waals surface area contributed by atoms with Gasteiger partial charge >= 0.3 is 6.09 Å². The van der Waals surface area contributed by atoms with Crippen molar-refractivity contribution < 1.29 is 24.5 Å². The number of hydrogen-bond acceptors (Lipinski definition) is 8. The number of allylic oxidation sites excluding steroid dienone is 2. The second-order valence-electron chi connectivity index (χ2n) is 13.3. The van der Waals surface area contributed by atoms with E-state index in [0.29, 0.717) is 35.1 Å². The number of carbonyl (C=O) groups excluding carboxylic acids is 2. The zero-order valence-electron chi connectivity index (χ0n) is 28.7. The lowest BCUT2D eigenvalue weighted by atomic mass is 9.69. The van der Waals surface area contributed by atoms with E-state index in [1.54, 1.807) is 12.1 Å². The lowest BCUT2D eigenvalue weighted by Gasteiger charge is -2.39. The average Bonchev–Trinajstić information content (AvgIpc) is 3.13. The summed E-state index contributed by atoms with van der Waals surface area (Å²) in [5.74, 6) is -0.192. The Morgan fingerprint density at radius 1 is 1.02 bits per heavy atom. The van der Waals surface area contributed by atoms with Gasteiger partial charge in [-0.15, -0.1) is 0 Å². The van der Waals surface area contributed by atoms with Crippen molar-refractivity contribution >= 4 is 28.6 Å². The molecule has 4 aromatic rings. The molecule has 266 valence electrons. The van der Waals surface area contributed by atoms with Crippen molar-refractivity contribution in [2.75, 3.05) is 25.0 Å². The van der Waals surface area contributed by atoms with Crippen molar-refractivity contribution in [3.63, 3.8) is 0 Å². The summed E-state index contributed by atoms with van der Waals surface area (Å²) in [6, 6.07) is 21.4. The largest absolute Gasteiger partial charge is 0.506 e. The van der Waals surface area contributed by atoms with Crippen LogP contribution in [0.4, 0.5) is 10.5 Å². The lowest BCUT2D eigenvalue weighted by molar-refractivity contribution is -0.116. The number of aromatic amines is 1. The number of aliphatic hydroxyl groups excluding tert-OH is 1. The Bertz CT molecular complexity index is 1970. The van der Waals surface area contributed by atoms with E-state index < -0.39 is 23.7 Å². The Hall–Kier alpha value is -5.23. The number of phenolic OH excluding ortho intramolecular Hbond substituents is 1. The van der Waals surface area contributed by atoms with Gasteiger partial charge in [0, 0.05) is 42.1 Å². The number of alkyl carbamates (subject to hydrolysis) is 1. The van der Waals surface area contributed by atoms with Crippen molar-refractivity contribution in [3.05, 3.63) is 130 Å². The van der Waals surface area contributed by atoms with E-state index in [4.69, 9.17) is 4.74 Å². The van der Waals surface area contributed by atoms with Gasteiger partial charge in [0.15, 0.2) is 0 Å². The van der Waals surface area contributed by atoms with Gasteiger partial charge in [0.25, 0.3) is 0 Å². The number of aryl methyl sites for hydroxylation is 1. The maximum Gasteiger partial charge on any atom is 0.407 e. The Kier molecular flexibility index (Phi) is 11.3. The number of phenols is 1. The highest BCUT2D eigenvalue weighted by molar-refractivity contribution is 5.91. The summed E-state index contributed by atoms with van der Waals surface area (Å²) >= 11 is 0. The predicted molar refractivity (Wildman–Crippen MR) is 198 cm³/mol. The Balaban J connectivity index is 1.06. The molecule has 2 amide bonds. The van der Waals surface area contributed by atoms with E-state index in [1.165, 1.54) is 12.1 Å². The van der Waals surface area contributed by atoms with Crippen LogP contribution in [-0.4, -0.2) is 59.0 Å². The number of anilines is 1. The smallest absolute Gasteiger partial charge is 0.407 e. The highest BCUT2D eigenvalue weighted by atomic mass is 16.6. The van der Waals surface area contributed by atoms with Gasteiger partial charge in [0.2, 0.25) is 11.5 Å². The van der Waals surface area contributed by atoms with Crippen LogP contribution in [0, 0.1) is 6.92 Å². The molecule has 2 heterocycles. The summed E-state index contributed by atoms with van der Waals surface area (Å²) in [5, 5.41) is 34.3. The lowest BCUT2D eigenvalue weighted by Crippen LogP contribution is -2.50. The Morgan fingerprint density at radius 2 is 1.82 bits per heavy atom. The van der Waals surface area contributed by atoms with Crippen LogP contribution in [0.5, 0.6) is 5.75 Å². The van der Waals surface area contributed by atoms with Crippen LogP contribution in [0.2, 0.25) is 0 Å². The number of ether oxygens (including phenoxy) is 1. The third-order valence-electron chi connectivity index (χ3n) is 9.77. The molecule has 0 radical (unpaired) electrons. The van der Waals surface area contributed by atoms with Crippen molar-refractivity contribution in [1.82, 2.24) is 20.9 Å². The van der Waals surface area contributed by atoms with E-state index in [1.807, 2.05) is 73.7 Å². The number of benzene rings is 3. The molecular weight excluding hydrogens is 646 g/mol. The van der Waals surface area contributed by atoms with Gasteiger partial charge in [-0.05, 0) is 79.7 Å². The molecule has 2 aliphatic rings. The zero-order chi connectivity index (χ0) is 35.8. The van der Waals surface area contributed by atoms with Crippen LogP contribution in [0.15, 0.2) is 102 Å². The number of fused-ring (bicyclic) bond motifs is 1. The first-order chi connectivity index (χ1) is 24.7. The maximum atomic E-state index is 13.4. The summed E-state index contributed by atoms with van der Waals surface area (Å²) in [6.45, 7) is 4.30. The van der Waals surface area contributed by atoms with Crippen molar-refractivity contribution in [1.29, 1.82) is 0 Å². The minimum atomic E-state index is -0.873. The molecule has 1 saturated heterocycles. The molecule has 1 aliphatic carbocycles. The first-order valence-electron chi connectivity index (χ1n) is 17.4. The molecule has 11 nitrogen and oxygen atoms in total. The highest BCUT2D eigenvalue weighted by Crippen LogP contribution is 2.38. The van der Waals surface area contributed by atoms with E-state index in [9.17, 15) is 24.6 Å². The third kappa shape index (κ3) is 8.57. The number of aromatic nitrogens is 1. The number of piperidine rings is 1. The number of pyridine rings is 1. The van der Waals surface area contributed by atoms with Gasteiger partial charge in [-0.2, -0.15) is 0 Å². The minimum Gasteiger partial charge on any atom is -0.506 e. The van der Waals surface area contributed by atoms with Crippen molar-refractivity contribution in [2.24, 2.45) is 0 Å². The molecule has 51 heavy (non-hydrogen) atoms. The number of H-pyrrole nitrogens is 1. The number of carbonyl (C=O) groups is 2. The molecule has 0 spiro atoms. The van der Waals surface area contributed by atoms with Crippen LogP contribution in [0.1, 0.15) is 54.0 Å². The van der Waals surface area contributed by atoms with Gasteiger partial charge in [0.1, 0.15) is 11.9 Å². The van der Waals surface area contributed by atoms with Crippen LogP contribution in [0.25, 0.3) is 10.9 Å². The topological polar surface area (TPSA) is 165 Å². The van der Waals surface area contributed by atoms with E-state index in [2.05, 4.69) is 32.3 Å². The van der Waals surface area contributed by atoms with Gasteiger partial charge < -0.3 is 41.2 Å². The fourth-order valence-electron chi connectivity index (χ4n) is 7.01. The fourth-order valence-corrected chi connectivity index (χ4v) is 7.01. The van der Waals surface area contributed by atoms with E-state index >= 15 is 0 Å².